The molecular weight excluding hydrogens is 353 g/mol. The number of anilines is 1. The standard InChI is InChI=1S/C14H12F5N3OS/c15-24(16,17,18,19)11-3-1-10(2-4-11)5-7-20-14-13-12(6-8-23-13)21-9-22-14/h1-4,6,8-9H,5,7H2,(H,20,21,22). The van der Waals surface area contributed by atoms with Crippen LogP contribution in [0.3, 0.4) is 0 Å². The first-order valence-corrected chi connectivity index (χ1v) is 8.73. The highest BCUT2D eigenvalue weighted by molar-refractivity contribution is 8.45. The number of benzene rings is 1. The Morgan fingerprint density at radius 1 is 0.958 bits per heavy atom. The molecule has 2 heterocycles. The van der Waals surface area contributed by atoms with Gasteiger partial charge in [-0.3, -0.25) is 0 Å². The number of nitrogens with one attached hydrogen (secondary N) is 1. The van der Waals surface area contributed by atoms with Crippen molar-refractivity contribution in [3.8, 4) is 0 Å². The monoisotopic (exact) mass is 365 g/mol. The molecule has 0 saturated carbocycles. The van der Waals surface area contributed by atoms with Gasteiger partial charge in [-0.25, -0.2) is 9.97 Å². The van der Waals surface area contributed by atoms with E-state index in [1.54, 1.807) is 6.07 Å². The smallest absolute Gasteiger partial charge is 0.310 e. The van der Waals surface area contributed by atoms with Gasteiger partial charge in [-0.15, -0.1) is 0 Å². The van der Waals surface area contributed by atoms with Crippen molar-refractivity contribution in [2.75, 3.05) is 11.9 Å². The summed E-state index contributed by atoms with van der Waals surface area (Å²) in [6.07, 6.45) is 3.14. The van der Waals surface area contributed by atoms with Crippen molar-refractivity contribution in [3.05, 3.63) is 48.5 Å². The molecular formula is C14H12F5N3OS. The molecule has 0 radical (unpaired) electrons. The van der Waals surface area contributed by atoms with Gasteiger partial charge in [0.1, 0.15) is 16.7 Å². The van der Waals surface area contributed by atoms with Crippen LogP contribution in [0.1, 0.15) is 5.56 Å². The number of aromatic nitrogens is 2. The first kappa shape index (κ1) is 16.5. The maximum absolute atomic E-state index is 12.6. The van der Waals surface area contributed by atoms with Crippen LogP contribution in [0, 0.1) is 0 Å². The van der Waals surface area contributed by atoms with Crippen molar-refractivity contribution in [2.45, 2.75) is 11.3 Å². The van der Waals surface area contributed by atoms with E-state index in [2.05, 4.69) is 15.3 Å². The van der Waals surface area contributed by atoms with Crippen LogP contribution in [0.2, 0.25) is 0 Å². The SMILES string of the molecule is FS(F)(F)(F)(F)c1ccc(CCNc2ncnc3ccoc23)cc1. The molecule has 3 rings (SSSR count). The Bertz CT molecular complexity index is 877. The van der Waals surface area contributed by atoms with Crippen LogP contribution >= 0.6 is 10.2 Å². The molecule has 2 aromatic heterocycles. The minimum Gasteiger partial charge on any atom is -0.459 e. The van der Waals surface area contributed by atoms with Gasteiger partial charge in [0, 0.05) is 12.6 Å². The molecule has 10 heteroatoms. The molecule has 0 aliphatic heterocycles. The lowest BCUT2D eigenvalue weighted by atomic mass is 10.1. The van der Waals surface area contributed by atoms with Gasteiger partial charge >= 0.3 is 10.2 Å². The van der Waals surface area contributed by atoms with Gasteiger partial charge in [-0.05, 0) is 24.1 Å². The number of furan rings is 1. The number of nitrogens with zero attached hydrogens (tertiary/aromatic N) is 2. The molecule has 0 aliphatic rings. The van der Waals surface area contributed by atoms with Crippen molar-refractivity contribution < 1.29 is 23.8 Å². The zero-order valence-corrected chi connectivity index (χ0v) is 12.9. The third-order valence-electron chi connectivity index (χ3n) is 3.32. The van der Waals surface area contributed by atoms with Crippen LogP contribution in [-0.4, -0.2) is 16.5 Å². The van der Waals surface area contributed by atoms with Gasteiger partial charge < -0.3 is 9.73 Å². The Morgan fingerprint density at radius 2 is 1.67 bits per heavy atom. The quantitative estimate of drug-likeness (QED) is 0.604. The zero-order chi connectivity index (χ0) is 17.5. The highest BCUT2D eigenvalue weighted by atomic mass is 32.5. The van der Waals surface area contributed by atoms with Gasteiger partial charge in [-0.1, -0.05) is 31.6 Å². The van der Waals surface area contributed by atoms with Gasteiger partial charge in [0.25, 0.3) is 0 Å². The number of hydrogen-bond acceptors (Lipinski definition) is 4. The number of hydrogen-bond donors (Lipinski definition) is 1. The Hall–Kier alpha value is -2.36. The third-order valence-corrected chi connectivity index (χ3v) is 4.48. The minimum absolute atomic E-state index is 0.326. The van der Waals surface area contributed by atoms with Gasteiger partial charge in [0.2, 0.25) is 0 Å². The molecule has 4 nitrogen and oxygen atoms in total. The molecule has 0 aliphatic carbocycles. The van der Waals surface area contributed by atoms with Crippen molar-refractivity contribution >= 4 is 27.1 Å². The second kappa shape index (κ2) is 4.82. The van der Waals surface area contributed by atoms with Crippen LogP contribution in [0.5, 0.6) is 0 Å². The average molecular weight is 365 g/mol. The normalized spacial score (nSPS) is 15.0. The Labute approximate surface area is 133 Å². The van der Waals surface area contributed by atoms with E-state index in [1.807, 2.05) is 0 Å². The molecule has 1 N–H and O–H groups in total. The fourth-order valence-electron chi connectivity index (χ4n) is 2.15. The molecule has 1 aromatic carbocycles. The van der Waals surface area contributed by atoms with Crippen molar-refractivity contribution in [1.82, 2.24) is 9.97 Å². The molecule has 0 spiro atoms. The largest absolute Gasteiger partial charge is 0.459 e. The van der Waals surface area contributed by atoms with E-state index in [4.69, 9.17) is 4.42 Å². The summed E-state index contributed by atoms with van der Waals surface area (Å²) >= 11 is 0. The lowest BCUT2D eigenvalue weighted by Crippen LogP contribution is -2.08. The maximum Gasteiger partial charge on any atom is 0.310 e. The highest BCUT2D eigenvalue weighted by Gasteiger charge is 2.65. The van der Waals surface area contributed by atoms with Crippen molar-refractivity contribution in [2.24, 2.45) is 0 Å². The average Bonchev–Trinajstić information content (AvgIpc) is 2.95. The van der Waals surface area contributed by atoms with Crippen LogP contribution < -0.4 is 5.32 Å². The predicted molar refractivity (Wildman–Crippen MR) is 81.8 cm³/mol. The van der Waals surface area contributed by atoms with E-state index in [0.717, 1.165) is 12.1 Å². The van der Waals surface area contributed by atoms with E-state index in [9.17, 15) is 19.4 Å². The summed E-state index contributed by atoms with van der Waals surface area (Å²) in [5.74, 6) is 0.452. The molecule has 0 unspecified atom stereocenters. The van der Waals surface area contributed by atoms with Crippen LogP contribution in [0.4, 0.5) is 25.2 Å². The summed E-state index contributed by atoms with van der Waals surface area (Å²) in [5.41, 5.74) is 1.57. The molecule has 0 bridgehead atoms. The summed E-state index contributed by atoms with van der Waals surface area (Å²) in [5, 5.41) is 2.97. The van der Waals surface area contributed by atoms with Gasteiger partial charge in [0.15, 0.2) is 11.4 Å². The Kier molecular flexibility index (Phi) is 3.31. The summed E-state index contributed by atoms with van der Waals surface area (Å²) in [6, 6.07) is 4.56. The van der Waals surface area contributed by atoms with Crippen molar-refractivity contribution in [3.63, 3.8) is 0 Å². The van der Waals surface area contributed by atoms with Crippen LogP contribution in [0.15, 0.2) is 52.2 Å². The molecule has 0 saturated heterocycles. The molecule has 0 amide bonds. The Balaban J connectivity index is 1.67. The summed E-state index contributed by atoms with van der Waals surface area (Å²) < 4.78 is 68.4. The van der Waals surface area contributed by atoms with E-state index in [-0.39, 0.29) is 0 Å². The summed E-state index contributed by atoms with van der Waals surface area (Å²) in [4.78, 5) is 6.12. The van der Waals surface area contributed by atoms with Gasteiger partial charge in [0.05, 0.1) is 6.26 Å². The number of halogens is 5. The second-order valence-corrected chi connectivity index (χ2v) is 7.56. The zero-order valence-electron chi connectivity index (χ0n) is 12.1. The maximum atomic E-state index is 12.6. The molecule has 0 fully saturated rings. The van der Waals surface area contributed by atoms with Gasteiger partial charge in [-0.2, -0.15) is 0 Å². The molecule has 130 valence electrons. The summed E-state index contributed by atoms with van der Waals surface area (Å²) in [7, 11) is -9.61. The molecule has 0 atom stereocenters. The van der Waals surface area contributed by atoms with Crippen molar-refractivity contribution in [1.29, 1.82) is 0 Å². The molecule has 24 heavy (non-hydrogen) atoms. The highest BCUT2D eigenvalue weighted by Crippen LogP contribution is 3.02. The van der Waals surface area contributed by atoms with Crippen LogP contribution in [-0.2, 0) is 6.42 Å². The number of rotatable bonds is 5. The fraction of sp³-hybridized carbons (Fsp3) is 0.143. The minimum atomic E-state index is -9.61. The second-order valence-electron chi connectivity index (χ2n) is 5.15. The predicted octanol–water partition coefficient (Wildman–Crippen LogP) is 5.53. The van der Waals surface area contributed by atoms with Crippen LogP contribution in [0.25, 0.3) is 11.1 Å². The number of fused-ring (bicyclic) bond motifs is 1. The third kappa shape index (κ3) is 3.58. The van der Waals surface area contributed by atoms with E-state index in [0.29, 0.717) is 47.6 Å². The van der Waals surface area contributed by atoms with E-state index < -0.39 is 15.1 Å². The first-order valence-electron chi connectivity index (χ1n) is 6.78. The van der Waals surface area contributed by atoms with E-state index in [1.165, 1.54) is 12.6 Å². The topological polar surface area (TPSA) is 51.0 Å². The summed E-state index contributed by atoms with van der Waals surface area (Å²) in [6.45, 7) is 0.336. The lowest BCUT2D eigenvalue weighted by Gasteiger charge is -2.40. The fourth-order valence-corrected chi connectivity index (χ4v) is 2.80. The Morgan fingerprint density at radius 3 is 2.33 bits per heavy atom. The lowest BCUT2D eigenvalue weighted by molar-refractivity contribution is 0.364. The molecule has 3 aromatic rings. The first-order chi connectivity index (χ1) is 11.0. The van der Waals surface area contributed by atoms with E-state index >= 15 is 0 Å².